The molecule has 1 aromatic rings. The van der Waals surface area contributed by atoms with E-state index in [1.165, 1.54) is 30.8 Å². The van der Waals surface area contributed by atoms with E-state index >= 15 is 0 Å². The number of hydrogen-bond donors (Lipinski definition) is 2. The van der Waals surface area contributed by atoms with Crippen molar-refractivity contribution in [2.24, 2.45) is 10.9 Å². The maximum absolute atomic E-state index is 4.31. The van der Waals surface area contributed by atoms with Crippen LogP contribution < -0.4 is 10.6 Å². The van der Waals surface area contributed by atoms with Crippen molar-refractivity contribution in [2.45, 2.75) is 17.7 Å². The van der Waals surface area contributed by atoms with Crippen LogP contribution in [0.15, 0.2) is 40.2 Å². The molecule has 5 heteroatoms. The summed E-state index contributed by atoms with van der Waals surface area (Å²) in [5.74, 6) is 2.69. The Morgan fingerprint density at radius 3 is 2.86 bits per heavy atom. The van der Waals surface area contributed by atoms with Gasteiger partial charge < -0.3 is 15.5 Å². The Kier molecular flexibility index (Phi) is 7.60. The molecule has 0 amide bonds. The van der Waals surface area contributed by atoms with Gasteiger partial charge in [0.15, 0.2) is 5.96 Å². The SMILES string of the molecule is CN=C(NCCSc1ccccc1)NCC1CCCN(C)C1. The van der Waals surface area contributed by atoms with E-state index in [4.69, 9.17) is 0 Å². The second kappa shape index (κ2) is 9.74. The van der Waals surface area contributed by atoms with Gasteiger partial charge in [-0.25, -0.2) is 0 Å². The smallest absolute Gasteiger partial charge is 0.191 e. The number of benzene rings is 1. The third kappa shape index (κ3) is 6.28. The fourth-order valence-electron chi connectivity index (χ4n) is 2.76. The van der Waals surface area contributed by atoms with E-state index in [9.17, 15) is 0 Å². The minimum absolute atomic E-state index is 0.732. The Bertz CT molecular complexity index is 449. The van der Waals surface area contributed by atoms with Gasteiger partial charge in [0.1, 0.15) is 0 Å². The first-order valence-corrected chi connectivity index (χ1v) is 9.07. The molecule has 0 aliphatic carbocycles. The second-order valence-corrected chi connectivity index (χ2v) is 6.98. The molecule has 22 heavy (non-hydrogen) atoms. The molecular weight excluding hydrogens is 292 g/mol. The summed E-state index contributed by atoms with van der Waals surface area (Å²) >= 11 is 1.87. The lowest BCUT2D eigenvalue weighted by Crippen LogP contribution is -2.44. The van der Waals surface area contributed by atoms with Crippen molar-refractivity contribution in [3.8, 4) is 0 Å². The molecule has 0 spiro atoms. The van der Waals surface area contributed by atoms with Crippen LogP contribution >= 0.6 is 11.8 Å². The molecule has 1 heterocycles. The van der Waals surface area contributed by atoms with Gasteiger partial charge in [0.2, 0.25) is 0 Å². The number of likely N-dealkylation sites (tertiary alicyclic amines) is 1. The summed E-state index contributed by atoms with van der Waals surface area (Å²) in [6.07, 6.45) is 2.63. The van der Waals surface area contributed by atoms with Crippen LogP contribution in [0, 0.1) is 5.92 Å². The number of rotatable bonds is 6. The van der Waals surface area contributed by atoms with Gasteiger partial charge in [0.05, 0.1) is 0 Å². The van der Waals surface area contributed by atoms with Gasteiger partial charge in [-0.05, 0) is 44.5 Å². The molecule has 0 radical (unpaired) electrons. The zero-order chi connectivity index (χ0) is 15.6. The van der Waals surface area contributed by atoms with E-state index in [0.717, 1.165) is 30.7 Å². The molecule has 1 fully saturated rings. The van der Waals surface area contributed by atoms with Crippen molar-refractivity contribution in [1.29, 1.82) is 0 Å². The highest BCUT2D eigenvalue weighted by Gasteiger charge is 2.17. The van der Waals surface area contributed by atoms with Gasteiger partial charge in [-0.15, -0.1) is 11.8 Å². The van der Waals surface area contributed by atoms with Crippen LogP contribution in [-0.4, -0.2) is 56.9 Å². The fourth-order valence-corrected chi connectivity index (χ4v) is 3.55. The van der Waals surface area contributed by atoms with Crippen molar-refractivity contribution in [1.82, 2.24) is 15.5 Å². The lowest BCUT2D eigenvalue weighted by molar-refractivity contribution is 0.210. The van der Waals surface area contributed by atoms with Gasteiger partial charge in [-0.1, -0.05) is 18.2 Å². The van der Waals surface area contributed by atoms with Gasteiger partial charge in [0.25, 0.3) is 0 Å². The molecule has 1 aromatic carbocycles. The van der Waals surface area contributed by atoms with Crippen LogP contribution in [0.5, 0.6) is 0 Å². The Morgan fingerprint density at radius 2 is 2.14 bits per heavy atom. The molecule has 1 atom stereocenters. The number of nitrogens with zero attached hydrogens (tertiary/aromatic N) is 2. The van der Waals surface area contributed by atoms with E-state index in [2.05, 4.69) is 57.9 Å². The fraction of sp³-hybridized carbons (Fsp3) is 0.588. The number of hydrogen-bond acceptors (Lipinski definition) is 3. The number of aliphatic imine (C=N–C) groups is 1. The van der Waals surface area contributed by atoms with E-state index < -0.39 is 0 Å². The van der Waals surface area contributed by atoms with Crippen molar-refractivity contribution in [3.63, 3.8) is 0 Å². The van der Waals surface area contributed by atoms with Crippen molar-refractivity contribution >= 4 is 17.7 Å². The van der Waals surface area contributed by atoms with Gasteiger partial charge in [-0.3, -0.25) is 4.99 Å². The van der Waals surface area contributed by atoms with E-state index in [1.54, 1.807) is 0 Å². The number of guanidine groups is 1. The predicted molar refractivity (Wildman–Crippen MR) is 96.8 cm³/mol. The first-order chi connectivity index (χ1) is 10.8. The molecule has 1 saturated heterocycles. The molecular formula is C17H28N4S. The molecule has 0 aromatic heterocycles. The van der Waals surface area contributed by atoms with Gasteiger partial charge in [-0.2, -0.15) is 0 Å². The molecule has 1 unspecified atom stereocenters. The standard InChI is InChI=1S/C17H28N4S/c1-18-17(20-13-15-7-6-11-21(2)14-15)19-10-12-22-16-8-4-3-5-9-16/h3-5,8-9,15H,6-7,10-14H2,1-2H3,(H2,18,19,20). The molecule has 0 saturated carbocycles. The minimum Gasteiger partial charge on any atom is -0.356 e. The summed E-state index contributed by atoms with van der Waals surface area (Å²) < 4.78 is 0. The quantitative estimate of drug-likeness (QED) is 0.365. The lowest BCUT2D eigenvalue weighted by Gasteiger charge is -2.30. The summed E-state index contributed by atoms with van der Waals surface area (Å²) in [5, 5.41) is 6.86. The summed E-state index contributed by atoms with van der Waals surface area (Å²) in [5.41, 5.74) is 0. The molecule has 1 aliphatic rings. The van der Waals surface area contributed by atoms with Crippen LogP contribution in [0.25, 0.3) is 0 Å². The van der Waals surface area contributed by atoms with Gasteiger partial charge >= 0.3 is 0 Å². The average Bonchev–Trinajstić information content (AvgIpc) is 2.55. The molecule has 2 N–H and O–H groups in total. The highest BCUT2D eigenvalue weighted by molar-refractivity contribution is 7.99. The number of nitrogens with one attached hydrogen (secondary N) is 2. The Balaban J connectivity index is 1.61. The first kappa shape index (κ1) is 17.2. The Hall–Kier alpha value is -1.20. The molecule has 2 rings (SSSR count). The number of piperidine rings is 1. The Morgan fingerprint density at radius 1 is 1.32 bits per heavy atom. The summed E-state index contributed by atoms with van der Waals surface area (Å²) in [6.45, 7) is 4.35. The summed E-state index contributed by atoms with van der Waals surface area (Å²) in [4.78, 5) is 8.04. The molecule has 4 nitrogen and oxygen atoms in total. The van der Waals surface area contributed by atoms with Crippen molar-refractivity contribution in [3.05, 3.63) is 30.3 Å². The topological polar surface area (TPSA) is 39.7 Å². The maximum atomic E-state index is 4.31. The maximum Gasteiger partial charge on any atom is 0.191 e. The molecule has 122 valence electrons. The lowest BCUT2D eigenvalue weighted by atomic mass is 9.99. The first-order valence-electron chi connectivity index (χ1n) is 8.09. The average molecular weight is 321 g/mol. The van der Waals surface area contributed by atoms with Crippen molar-refractivity contribution < 1.29 is 0 Å². The third-order valence-corrected chi connectivity index (χ3v) is 4.92. The molecule has 1 aliphatic heterocycles. The van der Waals surface area contributed by atoms with Crippen LogP contribution in [-0.2, 0) is 0 Å². The van der Waals surface area contributed by atoms with E-state index in [-0.39, 0.29) is 0 Å². The largest absolute Gasteiger partial charge is 0.356 e. The predicted octanol–water partition coefficient (Wildman–Crippen LogP) is 2.29. The van der Waals surface area contributed by atoms with Gasteiger partial charge in [0, 0.05) is 37.3 Å². The Labute approximate surface area is 138 Å². The van der Waals surface area contributed by atoms with E-state index in [0.29, 0.717) is 0 Å². The normalized spacial score (nSPS) is 19.9. The summed E-state index contributed by atoms with van der Waals surface area (Å²) in [7, 11) is 4.05. The number of thioether (sulfide) groups is 1. The van der Waals surface area contributed by atoms with Crippen LogP contribution in [0.1, 0.15) is 12.8 Å². The highest BCUT2D eigenvalue weighted by atomic mass is 32.2. The monoisotopic (exact) mass is 320 g/mol. The minimum atomic E-state index is 0.732. The van der Waals surface area contributed by atoms with Crippen molar-refractivity contribution in [2.75, 3.05) is 46.0 Å². The third-order valence-electron chi connectivity index (χ3n) is 3.91. The van der Waals surface area contributed by atoms with E-state index in [1.807, 2.05) is 18.8 Å². The van der Waals surface area contributed by atoms with Crippen LogP contribution in [0.3, 0.4) is 0 Å². The van der Waals surface area contributed by atoms with Crippen LogP contribution in [0.4, 0.5) is 0 Å². The highest BCUT2D eigenvalue weighted by Crippen LogP contribution is 2.16. The van der Waals surface area contributed by atoms with Crippen LogP contribution in [0.2, 0.25) is 0 Å². The zero-order valence-electron chi connectivity index (χ0n) is 13.7. The molecule has 0 bridgehead atoms. The summed E-state index contributed by atoms with van der Waals surface area (Å²) in [6, 6.07) is 10.5. The zero-order valence-corrected chi connectivity index (χ0v) is 14.5. The second-order valence-electron chi connectivity index (χ2n) is 5.81.